The van der Waals surface area contributed by atoms with Gasteiger partial charge in [0.2, 0.25) is 0 Å². The van der Waals surface area contributed by atoms with Crippen LogP contribution >= 0.6 is 23.5 Å². The number of carbonyl (C=O) groups is 3. The van der Waals surface area contributed by atoms with Crippen LogP contribution in [0.4, 0.5) is 13.2 Å². The quantitative estimate of drug-likeness (QED) is 0.123. The van der Waals surface area contributed by atoms with E-state index in [0.29, 0.717) is 0 Å². The minimum absolute atomic E-state index is 0.196. The van der Waals surface area contributed by atoms with Gasteiger partial charge in [-0.05, 0) is 23.4 Å². The Kier molecular flexibility index (Phi) is 9.85. The lowest BCUT2D eigenvalue weighted by Gasteiger charge is -2.43. The fourth-order valence-corrected chi connectivity index (χ4v) is 4.73. The number of halogens is 3. The highest BCUT2D eigenvalue weighted by molar-refractivity contribution is 8.00. The first-order chi connectivity index (χ1) is 15.9. The van der Waals surface area contributed by atoms with Crippen molar-refractivity contribution in [2.45, 2.75) is 65.9 Å². The number of rotatable bonds is 8. The number of pyridine rings is 1. The predicted molar refractivity (Wildman–Crippen MR) is 111 cm³/mol. The molecule has 16 heteroatoms. The summed E-state index contributed by atoms with van der Waals surface area (Å²) in [6.45, 7) is 2.91. The molecule has 0 N–H and O–H groups in total. The first-order valence-electron chi connectivity index (χ1n) is 9.44. The molecule has 0 unspecified atom stereocenters. The van der Waals surface area contributed by atoms with Crippen LogP contribution in [0.15, 0.2) is 33.4 Å². The van der Waals surface area contributed by atoms with Crippen LogP contribution in [0.2, 0.25) is 0 Å². The lowest BCUT2D eigenvalue weighted by Crippen LogP contribution is -2.59. The number of aromatic nitrogens is 1. The maximum atomic E-state index is 12.7. The van der Waals surface area contributed by atoms with Gasteiger partial charge in [0.1, 0.15) is 36.4 Å². The minimum atomic E-state index is -4.54. The Labute approximate surface area is 199 Å². The second kappa shape index (κ2) is 12.1. The molecule has 0 aromatic carbocycles. The summed E-state index contributed by atoms with van der Waals surface area (Å²) < 4.78 is 59.6. The fraction of sp³-hybridized carbons (Fsp3) is 0.556. The van der Waals surface area contributed by atoms with Gasteiger partial charge < -0.3 is 18.9 Å². The monoisotopic (exact) mass is 524 g/mol. The molecule has 1 aromatic heterocycles. The molecule has 1 saturated heterocycles. The highest BCUT2D eigenvalue weighted by atomic mass is 32.2. The smallest absolute Gasteiger partial charge is 0.446 e. The van der Waals surface area contributed by atoms with Gasteiger partial charge in [0, 0.05) is 47.9 Å². The first kappa shape index (κ1) is 27.6. The maximum absolute atomic E-state index is 12.7. The molecule has 34 heavy (non-hydrogen) atoms. The Morgan fingerprint density at radius 1 is 1.12 bits per heavy atom. The molecule has 1 aromatic rings. The van der Waals surface area contributed by atoms with Gasteiger partial charge >= 0.3 is 23.4 Å². The number of hydrogen-bond donors (Lipinski definition) is 0. The third kappa shape index (κ3) is 8.59. The van der Waals surface area contributed by atoms with E-state index < -0.39 is 59.8 Å². The third-order valence-corrected chi connectivity index (χ3v) is 5.83. The van der Waals surface area contributed by atoms with Gasteiger partial charge in [0.25, 0.3) is 0 Å². The van der Waals surface area contributed by atoms with Crippen LogP contribution in [0, 0.1) is 0 Å². The molecule has 2 heterocycles. The molecule has 1 aliphatic heterocycles. The van der Waals surface area contributed by atoms with Crippen LogP contribution in [0.1, 0.15) is 20.8 Å². The van der Waals surface area contributed by atoms with Gasteiger partial charge in [-0.3, -0.25) is 19.4 Å². The lowest BCUT2D eigenvalue weighted by molar-refractivity contribution is -0.201. The Bertz CT molecular complexity index is 962. The average molecular weight is 524 g/mol. The summed E-state index contributed by atoms with van der Waals surface area (Å²) in [5, 5.41) is 3.61. The predicted octanol–water partition coefficient (Wildman–Crippen LogP) is 3.62. The van der Waals surface area contributed by atoms with E-state index in [2.05, 4.69) is 15.0 Å². The normalized spacial score (nSPS) is 24.5. The zero-order chi connectivity index (χ0) is 25.5. The topological polar surface area (TPSA) is 150 Å². The largest absolute Gasteiger partial charge is 0.463 e. The number of nitrogens with zero attached hydrogens (tertiary/aromatic N) is 4. The Balaban J connectivity index is 2.43. The number of alkyl halides is 3. The Morgan fingerprint density at radius 2 is 1.74 bits per heavy atom. The number of carbonyl (C=O) groups excluding carboxylic acids is 3. The molecule has 0 aliphatic carbocycles. The molecular formula is C18H19F3N4O7S2. The zero-order valence-corrected chi connectivity index (χ0v) is 19.6. The van der Waals surface area contributed by atoms with Gasteiger partial charge in [-0.2, -0.15) is 13.2 Å². The van der Waals surface area contributed by atoms with E-state index in [1.54, 1.807) is 0 Å². The van der Waals surface area contributed by atoms with E-state index >= 15 is 0 Å². The number of hydrogen-bond acceptors (Lipinski definition) is 11. The standard InChI is InChI=1S/C18H19F3N4O7S2/c1-8(26)29-7-13-15(30-9(2)27)14(24-25-22)16(31-10(3)28)17(32-13)33-11-4-12(6-23-5-11)34-18(19,20)21/h4-6,13-17H,7H2,1-3H3/t13-,14+,15+,16-,17-/m1/s1. The average Bonchev–Trinajstić information content (AvgIpc) is 2.69. The second-order valence-electron chi connectivity index (χ2n) is 6.71. The SMILES string of the molecule is CC(=O)OC[C@H]1O[C@H](Sc2cncc(SC(F)(F)F)c2)[C@H](OC(C)=O)[C@@H](N=[N+]=[N-])[C@H]1OC(C)=O. The molecule has 0 bridgehead atoms. The number of ether oxygens (including phenoxy) is 4. The van der Waals surface area contributed by atoms with E-state index in [4.69, 9.17) is 24.5 Å². The molecule has 1 fully saturated rings. The summed E-state index contributed by atoms with van der Waals surface area (Å²) in [5.41, 5.74) is 3.38. The third-order valence-electron chi connectivity index (χ3n) is 4.03. The van der Waals surface area contributed by atoms with E-state index in [-0.39, 0.29) is 21.6 Å². The van der Waals surface area contributed by atoms with Crippen molar-refractivity contribution < 1.29 is 46.5 Å². The minimum Gasteiger partial charge on any atom is -0.463 e. The molecule has 1 aliphatic rings. The van der Waals surface area contributed by atoms with E-state index in [9.17, 15) is 27.6 Å². The number of azide groups is 1. The van der Waals surface area contributed by atoms with Crippen LogP contribution in [0.25, 0.3) is 10.4 Å². The fourth-order valence-electron chi connectivity index (χ4n) is 2.96. The van der Waals surface area contributed by atoms with Crippen molar-refractivity contribution in [3.63, 3.8) is 0 Å². The molecular weight excluding hydrogens is 505 g/mol. The van der Waals surface area contributed by atoms with Crippen molar-refractivity contribution in [2.24, 2.45) is 5.11 Å². The Morgan fingerprint density at radius 3 is 2.29 bits per heavy atom. The summed E-state index contributed by atoms with van der Waals surface area (Å²) in [4.78, 5) is 41.3. The van der Waals surface area contributed by atoms with Gasteiger partial charge in [0.15, 0.2) is 0 Å². The second-order valence-corrected chi connectivity index (χ2v) is 9.02. The van der Waals surface area contributed by atoms with Crippen molar-refractivity contribution in [3.8, 4) is 0 Å². The summed E-state index contributed by atoms with van der Waals surface area (Å²) >= 11 is 0.469. The molecule has 5 atom stereocenters. The molecule has 0 saturated carbocycles. The summed E-state index contributed by atoms with van der Waals surface area (Å²) in [6, 6.07) is -0.100. The molecule has 186 valence electrons. The van der Waals surface area contributed by atoms with Crippen LogP contribution in [-0.2, 0) is 33.3 Å². The summed E-state index contributed by atoms with van der Waals surface area (Å²) in [5.74, 6) is -2.22. The van der Waals surface area contributed by atoms with Crippen molar-refractivity contribution in [2.75, 3.05) is 6.61 Å². The first-order valence-corrected chi connectivity index (χ1v) is 11.1. The van der Waals surface area contributed by atoms with E-state index in [1.165, 1.54) is 12.3 Å². The van der Waals surface area contributed by atoms with Crippen LogP contribution in [0.3, 0.4) is 0 Å². The van der Waals surface area contributed by atoms with Crippen molar-refractivity contribution >= 4 is 41.4 Å². The molecule has 2 rings (SSSR count). The summed E-state index contributed by atoms with van der Waals surface area (Å²) in [6.07, 6.45) is -1.46. The Hall–Kier alpha value is -2.68. The highest BCUT2D eigenvalue weighted by Crippen LogP contribution is 2.40. The van der Waals surface area contributed by atoms with Crippen molar-refractivity contribution in [1.82, 2.24) is 4.98 Å². The van der Waals surface area contributed by atoms with Crippen molar-refractivity contribution in [1.29, 1.82) is 0 Å². The van der Waals surface area contributed by atoms with Gasteiger partial charge in [-0.1, -0.05) is 16.9 Å². The zero-order valence-electron chi connectivity index (χ0n) is 17.9. The van der Waals surface area contributed by atoms with Crippen LogP contribution < -0.4 is 0 Å². The molecule has 11 nitrogen and oxygen atoms in total. The van der Waals surface area contributed by atoms with E-state index in [0.717, 1.165) is 38.7 Å². The van der Waals surface area contributed by atoms with E-state index in [1.807, 2.05) is 0 Å². The van der Waals surface area contributed by atoms with Gasteiger partial charge in [0.05, 0.1) is 0 Å². The molecule has 0 amide bonds. The van der Waals surface area contributed by atoms with Crippen LogP contribution in [0.5, 0.6) is 0 Å². The number of thioether (sulfide) groups is 2. The molecule has 0 radical (unpaired) electrons. The number of esters is 3. The molecule has 0 spiro atoms. The summed E-state index contributed by atoms with van der Waals surface area (Å²) in [7, 11) is 0. The lowest BCUT2D eigenvalue weighted by atomic mass is 9.97. The van der Waals surface area contributed by atoms with Gasteiger partial charge in [-0.15, -0.1) is 0 Å². The van der Waals surface area contributed by atoms with Crippen LogP contribution in [-0.4, -0.2) is 64.8 Å². The van der Waals surface area contributed by atoms with Crippen molar-refractivity contribution in [3.05, 3.63) is 28.9 Å². The van der Waals surface area contributed by atoms with Gasteiger partial charge in [-0.25, -0.2) is 0 Å². The highest BCUT2D eigenvalue weighted by Gasteiger charge is 2.50. The maximum Gasteiger partial charge on any atom is 0.446 e.